The highest BCUT2D eigenvalue weighted by Crippen LogP contribution is 2.34. The summed E-state index contributed by atoms with van der Waals surface area (Å²) in [6.45, 7) is 2.04. The van der Waals surface area contributed by atoms with E-state index in [1.165, 1.54) is 12.1 Å². The maximum absolute atomic E-state index is 11.9. The topological polar surface area (TPSA) is 92.5 Å². The van der Waals surface area contributed by atoms with Gasteiger partial charge in [-0.05, 0) is 18.4 Å². The van der Waals surface area contributed by atoms with Crippen molar-refractivity contribution in [1.29, 1.82) is 0 Å². The van der Waals surface area contributed by atoms with E-state index in [4.69, 9.17) is 0 Å². The first-order valence-electron chi connectivity index (χ1n) is 5.81. The fourth-order valence-electron chi connectivity index (χ4n) is 1.98. The molecule has 2 rings (SSSR count). The number of hydrogen-bond donors (Lipinski definition) is 2. The van der Waals surface area contributed by atoms with Gasteiger partial charge in [0.2, 0.25) is 5.75 Å². The van der Waals surface area contributed by atoms with Gasteiger partial charge in [-0.15, -0.1) is 0 Å². The van der Waals surface area contributed by atoms with Crippen LogP contribution in [-0.4, -0.2) is 22.0 Å². The lowest BCUT2D eigenvalue weighted by molar-refractivity contribution is -0.385. The van der Waals surface area contributed by atoms with Crippen LogP contribution in [0.5, 0.6) is 5.75 Å². The zero-order valence-electron chi connectivity index (χ0n) is 9.92. The Morgan fingerprint density at radius 2 is 2.33 bits per heavy atom. The maximum atomic E-state index is 11.9. The summed E-state index contributed by atoms with van der Waals surface area (Å²) in [4.78, 5) is 21.8. The van der Waals surface area contributed by atoms with E-state index in [1.54, 1.807) is 0 Å². The van der Waals surface area contributed by atoms with Crippen LogP contribution >= 0.6 is 0 Å². The van der Waals surface area contributed by atoms with E-state index in [2.05, 4.69) is 5.32 Å². The Morgan fingerprint density at radius 3 is 2.89 bits per heavy atom. The molecule has 1 saturated carbocycles. The molecule has 18 heavy (non-hydrogen) atoms. The lowest BCUT2D eigenvalue weighted by Crippen LogP contribution is -2.26. The van der Waals surface area contributed by atoms with Crippen LogP contribution in [0, 0.1) is 16.0 Å². The number of phenolic OH excluding ortho intramolecular Hbond substituents is 1. The Balaban J connectivity index is 2.15. The zero-order valence-corrected chi connectivity index (χ0v) is 9.92. The van der Waals surface area contributed by atoms with Crippen LogP contribution < -0.4 is 5.32 Å². The second-order valence-corrected chi connectivity index (χ2v) is 4.41. The van der Waals surface area contributed by atoms with Crippen molar-refractivity contribution in [3.8, 4) is 5.75 Å². The van der Waals surface area contributed by atoms with Gasteiger partial charge in [0, 0.05) is 12.1 Å². The van der Waals surface area contributed by atoms with Gasteiger partial charge in [0.15, 0.2) is 0 Å². The van der Waals surface area contributed by atoms with Gasteiger partial charge in [0.25, 0.3) is 5.91 Å². The lowest BCUT2D eigenvalue weighted by Gasteiger charge is -2.06. The van der Waals surface area contributed by atoms with Crippen LogP contribution in [-0.2, 0) is 0 Å². The van der Waals surface area contributed by atoms with Crippen molar-refractivity contribution < 1.29 is 14.8 Å². The largest absolute Gasteiger partial charge is 0.502 e. The number of nitrogens with one attached hydrogen (secondary N) is 1. The van der Waals surface area contributed by atoms with Gasteiger partial charge in [0.1, 0.15) is 0 Å². The van der Waals surface area contributed by atoms with Gasteiger partial charge in [0.05, 0.1) is 10.5 Å². The minimum absolute atomic E-state index is 0.0500. The summed E-state index contributed by atoms with van der Waals surface area (Å²) >= 11 is 0. The number of hydrogen-bond acceptors (Lipinski definition) is 4. The van der Waals surface area contributed by atoms with Crippen molar-refractivity contribution in [2.75, 3.05) is 0 Å². The molecule has 1 fully saturated rings. The Labute approximate surface area is 104 Å². The molecule has 0 radical (unpaired) electrons. The molecule has 1 aliphatic rings. The molecule has 1 aliphatic carbocycles. The summed E-state index contributed by atoms with van der Waals surface area (Å²) in [6.07, 6.45) is 1.92. The van der Waals surface area contributed by atoms with Crippen LogP contribution in [0.25, 0.3) is 0 Å². The quantitative estimate of drug-likeness (QED) is 0.629. The van der Waals surface area contributed by atoms with Gasteiger partial charge in [-0.2, -0.15) is 0 Å². The van der Waals surface area contributed by atoms with Gasteiger partial charge in [-0.1, -0.05) is 19.4 Å². The first-order chi connectivity index (χ1) is 8.54. The molecule has 0 aliphatic heterocycles. The normalized spacial score (nSPS) is 21.4. The number of para-hydroxylation sites is 1. The maximum Gasteiger partial charge on any atom is 0.311 e. The highest BCUT2D eigenvalue weighted by atomic mass is 16.6. The van der Waals surface area contributed by atoms with E-state index in [-0.39, 0.29) is 11.6 Å². The molecule has 6 heteroatoms. The minimum atomic E-state index is -0.710. The Hall–Kier alpha value is -2.11. The summed E-state index contributed by atoms with van der Waals surface area (Å²) < 4.78 is 0. The number of aromatic hydroxyl groups is 1. The predicted octanol–water partition coefficient (Wildman–Crippen LogP) is 1.83. The highest BCUT2D eigenvalue weighted by molar-refractivity contribution is 5.98. The number of nitro benzene ring substituents is 1. The highest BCUT2D eigenvalue weighted by Gasteiger charge is 2.37. The van der Waals surface area contributed by atoms with E-state index in [1.807, 2.05) is 6.92 Å². The van der Waals surface area contributed by atoms with E-state index in [0.717, 1.165) is 18.9 Å². The first kappa shape index (κ1) is 12.3. The summed E-state index contributed by atoms with van der Waals surface area (Å²) in [7, 11) is 0. The van der Waals surface area contributed by atoms with Crippen LogP contribution in [0.15, 0.2) is 18.2 Å². The minimum Gasteiger partial charge on any atom is -0.502 e. The Morgan fingerprint density at radius 1 is 1.61 bits per heavy atom. The molecule has 2 unspecified atom stereocenters. The molecule has 0 spiro atoms. The van der Waals surface area contributed by atoms with Crippen molar-refractivity contribution >= 4 is 11.6 Å². The number of nitrogens with zero attached hydrogens (tertiary/aromatic N) is 1. The number of phenols is 1. The standard InChI is InChI=1S/C12H14N2O4/c1-2-7-6-9(7)13-12(16)8-4-3-5-10(11(8)15)14(17)18/h3-5,7,9,15H,2,6H2,1H3,(H,13,16). The second-order valence-electron chi connectivity index (χ2n) is 4.41. The molecule has 0 heterocycles. The van der Waals surface area contributed by atoms with Gasteiger partial charge >= 0.3 is 5.69 Å². The Kier molecular flexibility index (Phi) is 3.18. The van der Waals surface area contributed by atoms with Crippen LogP contribution in [0.1, 0.15) is 30.1 Å². The third-order valence-corrected chi connectivity index (χ3v) is 3.22. The number of nitro groups is 1. The van der Waals surface area contributed by atoms with Crippen LogP contribution in [0.2, 0.25) is 0 Å². The monoisotopic (exact) mass is 250 g/mol. The molecule has 0 saturated heterocycles. The van der Waals surface area contributed by atoms with E-state index >= 15 is 0 Å². The zero-order chi connectivity index (χ0) is 13.3. The molecule has 1 aromatic carbocycles. The van der Waals surface area contributed by atoms with Crippen molar-refractivity contribution in [2.24, 2.45) is 5.92 Å². The molecule has 1 amide bonds. The van der Waals surface area contributed by atoms with Crippen molar-refractivity contribution in [3.63, 3.8) is 0 Å². The molecular weight excluding hydrogens is 236 g/mol. The molecule has 1 aromatic rings. The molecule has 0 aromatic heterocycles. The number of benzene rings is 1. The average molecular weight is 250 g/mol. The van der Waals surface area contributed by atoms with Crippen molar-refractivity contribution in [1.82, 2.24) is 5.32 Å². The summed E-state index contributed by atoms with van der Waals surface area (Å²) in [5.74, 6) is -0.555. The fraction of sp³-hybridized carbons (Fsp3) is 0.417. The van der Waals surface area contributed by atoms with Crippen LogP contribution in [0.3, 0.4) is 0 Å². The number of carbonyl (C=O) groups is 1. The van der Waals surface area contributed by atoms with Crippen LogP contribution in [0.4, 0.5) is 5.69 Å². The van der Waals surface area contributed by atoms with Gasteiger partial charge in [-0.3, -0.25) is 14.9 Å². The lowest BCUT2D eigenvalue weighted by atomic mass is 10.1. The van der Waals surface area contributed by atoms with Crippen molar-refractivity contribution in [2.45, 2.75) is 25.8 Å². The molecule has 6 nitrogen and oxygen atoms in total. The smallest absolute Gasteiger partial charge is 0.311 e. The average Bonchev–Trinajstić information content (AvgIpc) is 3.07. The van der Waals surface area contributed by atoms with E-state index in [0.29, 0.717) is 5.92 Å². The molecule has 96 valence electrons. The summed E-state index contributed by atoms with van der Waals surface area (Å²) in [6, 6.07) is 4.05. The van der Waals surface area contributed by atoms with E-state index in [9.17, 15) is 20.0 Å². The van der Waals surface area contributed by atoms with Crippen molar-refractivity contribution in [3.05, 3.63) is 33.9 Å². The summed E-state index contributed by atoms with van der Waals surface area (Å²) in [5, 5.41) is 23.1. The third kappa shape index (κ3) is 2.27. The second kappa shape index (κ2) is 4.64. The van der Waals surface area contributed by atoms with E-state index < -0.39 is 22.3 Å². The first-order valence-corrected chi connectivity index (χ1v) is 5.81. The number of carbonyl (C=O) groups excluding carboxylic acids is 1. The molecule has 2 N–H and O–H groups in total. The summed E-state index contributed by atoms with van der Waals surface area (Å²) in [5.41, 5.74) is -0.503. The third-order valence-electron chi connectivity index (χ3n) is 3.22. The molecule has 0 bridgehead atoms. The molecule has 2 atom stereocenters. The van der Waals surface area contributed by atoms with Gasteiger partial charge < -0.3 is 10.4 Å². The number of rotatable bonds is 4. The fourth-order valence-corrected chi connectivity index (χ4v) is 1.98. The SMILES string of the molecule is CCC1CC1NC(=O)c1cccc([N+](=O)[O-])c1O. The predicted molar refractivity (Wildman–Crippen MR) is 64.4 cm³/mol. The molecular formula is C12H14N2O4. The number of amides is 1. The Bertz CT molecular complexity index is 501. The van der Waals surface area contributed by atoms with Gasteiger partial charge in [-0.25, -0.2) is 0 Å².